The molecule has 0 aliphatic carbocycles. The van der Waals surface area contributed by atoms with E-state index in [4.69, 9.17) is 0 Å². The fraction of sp³-hybridized carbons (Fsp3) is 0.115. The molecule has 1 aliphatic heterocycles. The molecule has 2 amide bonds. The minimum atomic E-state index is -0.244. The standard InChI is InChI=1S/C26H19N3O2/c27-15-19-10-11-24-23(14-19)20(17-28(24)16-18-6-2-1-3-7-18)12-13-29-25(30)21-8-4-5-9-22(21)26(29)31/h1-11,14,17H,12-13,16H2. The minimum absolute atomic E-state index is 0.244. The van der Waals surface area contributed by atoms with Crippen molar-refractivity contribution in [3.8, 4) is 6.07 Å². The molecule has 0 spiro atoms. The molecule has 5 rings (SSSR count). The van der Waals surface area contributed by atoms with E-state index in [0.717, 1.165) is 16.5 Å². The van der Waals surface area contributed by atoms with Crippen LogP contribution in [0.3, 0.4) is 0 Å². The highest BCUT2D eigenvalue weighted by atomic mass is 16.2. The van der Waals surface area contributed by atoms with Gasteiger partial charge in [0.25, 0.3) is 11.8 Å². The lowest BCUT2D eigenvalue weighted by atomic mass is 10.1. The second-order valence-corrected chi connectivity index (χ2v) is 7.67. The van der Waals surface area contributed by atoms with Crippen molar-refractivity contribution >= 4 is 22.7 Å². The summed E-state index contributed by atoms with van der Waals surface area (Å²) in [6, 6.07) is 25.0. The molecule has 0 saturated heterocycles. The molecule has 3 aromatic carbocycles. The number of amides is 2. The minimum Gasteiger partial charge on any atom is -0.343 e. The molecule has 0 radical (unpaired) electrons. The van der Waals surface area contributed by atoms with Crippen molar-refractivity contribution in [1.29, 1.82) is 5.26 Å². The maximum Gasteiger partial charge on any atom is 0.261 e. The van der Waals surface area contributed by atoms with Gasteiger partial charge in [0, 0.05) is 30.2 Å². The number of hydrogen-bond donors (Lipinski definition) is 0. The zero-order valence-corrected chi connectivity index (χ0v) is 16.8. The number of rotatable bonds is 5. The molecule has 0 fully saturated rings. The lowest BCUT2D eigenvalue weighted by Gasteiger charge is -2.13. The summed E-state index contributed by atoms with van der Waals surface area (Å²) in [4.78, 5) is 26.7. The first-order chi connectivity index (χ1) is 15.2. The molecule has 1 aromatic heterocycles. The maximum atomic E-state index is 12.7. The topological polar surface area (TPSA) is 66.1 Å². The predicted molar refractivity (Wildman–Crippen MR) is 118 cm³/mol. The molecule has 4 aromatic rings. The number of fused-ring (bicyclic) bond motifs is 2. The molecule has 31 heavy (non-hydrogen) atoms. The summed E-state index contributed by atoms with van der Waals surface area (Å²) in [5.74, 6) is -0.488. The van der Waals surface area contributed by atoms with E-state index in [1.54, 1.807) is 24.3 Å². The number of nitrogens with zero attached hydrogens (tertiary/aromatic N) is 3. The number of nitriles is 1. The van der Waals surface area contributed by atoms with Crippen molar-refractivity contribution in [1.82, 2.24) is 9.47 Å². The Balaban J connectivity index is 1.46. The van der Waals surface area contributed by atoms with E-state index in [2.05, 4.69) is 29.0 Å². The molecule has 0 saturated carbocycles. The van der Waals surface area contributed by atoms with Crippen molar-refractivity contribution in [2.45, 2.75) is 13.0 Å². The molecule has 2 heterocycles. The van der Waals surface area contributed by atoms with Gasteiger partial charge in [0.1, 0.15) is 0 Å². The van der Waals surface area contributed by atoms with E-state index in [1.165, 1.54) is 10.5 Å². The lowest BCUT2D eigenvalue weighted by molar-refractivity contribution is 0.0656. The van der Waals surface area contributed by atoms with E-state index in [9.17, 15) is 14.9 Å². The van der Waals surface area contributed by atoms with Gasteiger partial charge in [0.15, 0.2) is 0 Å². The van der Waals surface area contributed by atoms with E-state index < -0.39 is 0 Å². The third kappa shape index (κ3) is 3.28. The summed E-state index contributed by atoms with van der Waals surface area (Å²) in [5, 5.41) is 10.3. The Bertz CT molecular complexity index is 1330. The van der Waals surface area contributed by atoms with Crippen LogP contribution in [0.2, 0.25) is 0 Å². The summed E-state index contributed by atoms with van der Waals surface area (Å²) in [6.07, 6.45) is 2.59. The van der Waals surface area contributed by atoms with Gasteiger partial charge in [-0.15, -0.1) is 0 Å². The number of benzene rings is 3. The van der Waals surface area contributed by atoms with Crippen LogP contribution in [0.15, 0.2) is 79.0 Å². The van der Waals surface area contributed by atoms with Gasteiger partial charge < -0.3 is 4.57 Å². The third-order valence-corrected chi connectivity index (χ3v) is 5.77. The highest BCUT2D eigenvalue weighted by molar-refractivity contribution is 6.21. The fourth-order valence-electron chi connectivity index (χ4n) is 4.23. The average molecular weight is 405 g/mol. The van der Waals surface area contributed by atoms with Crippen molar-refractivity contribution in [2.75, 3.05) is 6.54 Å². The van der Waals surface area contributed by atoms with Gasteiger partial charge in [-0.2, -0.15) is 5.26 Å². The highest BCUT2D eigenvalue weighted by Crippen LogP contribution is 2.27. The Hall–Kier alpha value is -4.17. The van der Waals surface area contributed by atoms with Crippen molar-refractivity contribution in [3.05, 3.63) is 107 Å². The lowest BCUT2D eigenvalue weighted by Crippen LogP contribution is -2.31. The molecule has 150 valence electrons. The number of carbonyl (C=O) groups is 2. The molecule has 0 N–H and O–H groups in total. The molecule has 0 unspecified atom stereocenters. The van der Waals surface area contributed by atoms with Gasteiger partial charge in [-0.1, -0.05) is 42.5 Å². The van der Waals surface area contributed by atoms with Crippen LogP contribution in [0, 0.1) is 11.3 Å². The molecule has 0 bridgehead atoms. The Morgan fingerprint density at radius 2 is 1.52 bits per heavy atom. The number of carbonyl (C=O) groups excluding carboxylic acids is 2. The smallest absolute Gasteiger partial charge is 0.261 e. The zero-order valence-electron chi connectivity index (χ0n) is 16.8. The second kappa shape index (κ2) is 7.58. The number of aromatic nitrogens is 1. The molecular formula is C26H19N3O2. The van der Waals surface area contributed by atoms with Crippen LogP contribution in [0.25, 0.3) is 10.9 Å². The van der Waals surface area contributed by atoms with E-state index >= 15 is 0 Å². The van der Waals surface area contributed by atoms with Crippen LogP contribution in [-0.4, -0.2) is 27.8 Å². The fourth-order valence-corrected chi connectivity index (χ4v) is 4.23. The molecule has 0 atom stereocenters. The van der Waals surface area contributed by atoms with Crippen LogP contribution in [0.4, 0.5) is 0 Å². The third-order valence-electron chi connectivity index (χ3n) is 5.77. The van der Waals surface area contributed by atoms with Crippen molar-refractivity contribution in [3.63, 3.8) is 0 Å². The molecular weight excluding hydrogens is 386 g/mol. The first-order valence-corrected chi connectivity index (χ1v) is 10.2. The van der Waals surface area contributed by atoms with Crippen LogP contribution in [0.5, 0.6) is 0 Å². The SMILES string of the molecule is N#Cc1ccc2c(c1)c(CCN1C(=O)c3ccccc3C1=O)cn2Cc1ccccc1. The van der Waals surface area contributed by atoms with Gasteiger partial charge in [-0.25, -0.2) is 0 Å². The van der Waals surface area contributed by atoms with Gasteiger partial charge in [0.05, 0.1) is 22.8 Å². The number of imide groups is 1. The Morgan fingerprint density at radius 1 is 0.839 bits per heavy atom. The molecule has 5 nitrogen and oxygen atoms in total. The Kier molecular flexibility index (Phi) is 4.61. The van der Waals surface area contributed by atoms with Gasteiger partial charge in [-0.3, -0.25) is 14.5 Å². The first-order valence-electron chi connectivity index (χ1n) is 10.2. The van der Waals surface area contributed by atoms with Crippen LogP contribution >= 0.6 is 0 Å². The van der Waals surface area contributed by atoms with Crippen LogP contribution in [-0.2, 0) is 13.0 Å². The van der Waals surface area contributed by atoms with Crippen molar-refractivity contribution in [2.24, 2.45) is 0 Å². The van der Waals surface area contributed by atoms with Crippen LogP contribution in [0.1, 0.15) is 37.4 Å². The van der Waals surface area contributed by atoms with Crippen LogP contribution < -0.4 is 0 Å². The van der Waals surface area contributed by atoms with E-state index in [0.29, 0.717) is 36.2 Å². The maximum absolute atomic E-state index is 12.7. The predicted octanol–water partition coefficient (Wildman–Crippen LogP) is 4.40. The summed E-state index contributed by atoms with van der Waals surface area (Å²) in [7, 11) is 0. The van der Waals surface area contributed by atoms with E-state index in [1.807, 2.05) is 36.4 Å². The average Bonchev–Trinajstić information content (AvgIpc) is 3.27. The van der Waals surface area contributed by atoms with Gasteiger partial charge in [0.2, 0.25) is 0 Å². The second-order valence-electron chi connectivity index (χ2n) is 7.67. The number of hydrogen-bond acceptors (Lipinski definition) is 3. The normalized spacial score (nSPS) is 12.9. The first kappa shape index (κ1) is 18.8. The quantitative estimate of drug-likeness (QED) is 0.462. The Labute approximate surface area is 179 Å². The van der Waals surface area contributed by atoms with Gasteiger partial charge >= 0.3 is 0 Å². The van der Waals surface area contributed by atoms with E-state index in [-0.39, 0.29) is 11.8 Å². The highest BCUT2D eigenvalue weighted by Gasteiger charge is 2.34. The molecule has 1 aliphatic rings. The molecule has 5 heteroatoms. The summed E-state index contributed by atoms with van der Waals surface area (Å²) in [5.41, 5.74) is 4.74. The monoisotopic (exact) mass is 405 g/mol. The summed E-state index contributed by atoms with van der Waals surface area (Å²) >= 11 is 0. The summed E-state index contributed by atoms with van der Waals surface area (Å²) in [6.45, 7) is 1.00. The Morgan fingerprint density at radius 3 is 2.19 bits per heavy atom. The zero-order chi connectivity index (χ0) is 21.4. The van der Waals surface area contributed by atoms with Gasteiger partial charge in [-0.05, 0) is 47.9 Å². The van der Waals surface area contributed by atoms with Crippen molar-refractivity contribution < 1.29 is 9.59 Å². The largest absolute Gasteiger partial charge is 0.343 e. The summed E-state index contributed by atoms with van der Waals surface area (Å²) < 4.78 is 2.16.